The SMILES string of the molecule is CN1CCN(C=C(C(=O)CSc2cccc(Cl)c2)c2cccc(F)c2)CC1. The molecule has 1 aliphatic rings. The molecule has 3 nitrogen and oxygen atoms in total. The number of allylic oxidation sites excluding steroid dienone is 1. The van der Waals surface area contributed by atoms with Gasteiger partial charge in [0.1, 0.15) is 5.82 Å². The summed E-state index contributed by atoms with van der Waals surface area (Å²) in [4.78, 5) is 18.3. The van der Waals surface area contributed by atoms with Crippen LogP contribution in [-0.4, -0.2) is 54.6 Å². The number of piperazine rings is 1. The third-order valence-corrected chi connectivity index (χ3v) is 5.68. The van der Waals surface area contributed by atoms with Crippen molar-refractivity contribution < 1.29 is 9.18 Å². The number of ketones is 1. The van der Waals surface area contributed by atoms with E-state index in [-0.39, 0.29) is 17.4 Å². The first kappa shape index (κ1) is 19.9. The lowest BCUT2D eigenvalue weighted by molar-refractivity contribution is -0.111. The van der Waals surface area contributed by atoms with Crippen LogP contribution in [0.2, 0.25) is 5.02 Å². The van der Waals surface area contributed by atoms with E-state index in [0.717, 1.165) is 31.1 Å². The van der Waals surface area contributed by atoms with Gasteiger partial charge in [-0.25, -0.2) is 4.39 Å². The first-order chi connectivity index (χ1) is 13.0. The number of nitrogens with zero attached hydrogens (tertiary/aromatic N) is 2. The van der Waals surface area contributed by atoms with Gasteiger partial charge in [0.25, 0.3) is 0 Å². The Hall–Kier alpha value is -1.82. The second-order valence-corrected chi connectivity index (χ2v) is 8.05. The fourth-order valence-electron chi connectivity index (χ4n) is 2.88. The van der Waals surface area contributed by atoms with Gasteiger partial charge in [-0.2, -0.15) is 0 Å². The van der Waals surface area contributed by atoms with Gasteiger partial charge >= 0.3 is 0 Å². The third kappa shape index (κ3) is 5.83. The molecule has 0 spiro atoms. The lowest BCUT2D eigenvalue weighted by Crippen LogP contribution is -2.42. The quantitative estimate of drug-likeness (QED) is 0.525. The number of carbonyl (C=O) groups is 1. The molecular formula is C21H22ClFN2OS. The Labute approximate surface area is 168 Å². The van der Waals surface area contributed by atoms with Crippen molar-refractivity contribution in [2.45, 2.75) is 4.90 Å². The zero-order valence-electron chi connectivity index (χ0n) is 15.2. The summed E-state index contributed by atoms with van der Waals surface area (Å²) in [5.41, 5.74) is 1.17. The van der Waals surface area contributed by atoms with Gasteiger partial charge in [-0.3, -0.25) is 4.79 Å². The molecule has 0 bridgehead atoms. The molecule has 2 aromatic carbocycles. The highest BCUT2D eigenvalue weighted by molar-refractivity contribution is 8.00. The topological polar surface area (TPSA) is 23.6 Å². The maximum Gasteiger partial charge on any atom is 0.175 e. The minimum absolute atomic E-state index is 0.0236. The van der Waals surface area contributed by atoms with Crippen molar-refractivity contribution in [3.05, 3.63) is 71.1 Å². The molecule has 0 atom stereocenters. The van der Waals surface area contributed by atoms with E-state index in [1.54, 1.807) is 18.2 Å². The van der Waals surface area contributed by atoms with Gasteiger partial charge in [0, 0.05) is 47.9 Å². The van der Waals surface area contributed by atoms with E-state index in [2.05, 4.69) is 16.8 Å². The monoisotopic (exact) mass is 404 g/mol. The summed E-state index contributed by atoms with van der Waals surface area (Å²) in [6.07, 6.45) is 1.89. The lowest BCUT2D eigenvalue weighted by atomic mass is 10.0. The largest absolute Gasteiger partial charge is 0.374 e. The van der Waals surface area contributed by atoms with Crippen molar-refractivity contribution in [2.24, 2.45) is 0 Å². The van der Waals surface area contributed by atoms with E-state index in [1.165, 1.54) is 23.9 Å². The highest BCUT2D eigenvalue weighted by atomic mass is 35.5. The van der Waals surface area contributed by atoms with Crippen LogP contribution in [-0.2, 0) is 4.79 Å². The van der Waals surface area contributed by atoms with Crippen molar-refractivity contribution in [1.82, 2.24) is 9.80 Å². The number of halogens is 2. The Morgan fingerprint density at radius 3 is 2.59 bits per heavy atom. The van der Waals surface area contributed by atoms with Gasteiger partial charge in [0.2, 0.25) is 0 Å². The molecule has 27 heavy (non-hydrogen) atoms. The molecule has 0 saturated carbocycles. The molecule has 142 valence electrons. The molecule has 0 aromatic heterocycles. The molecule has 1 fully saturated rings. The van der Waals surface area contributed by atoms with E-state index in [4.69, 9.17) is 11.6 Å². The Morgan fingerprint density at radius 2 is 1.89 bits per heavy atom. The normalized spacial score (nSPS) is 15.8. The maximum atomic E-state index is 13.7. The van der Waals surface area contributed by atoms with Gasteiger partial charge in [-0.15, -0.1) is 11.8 Å². The van der Waals surface area contributed by atoms with Crippen LogP contribution in [0.5, 0.6) is 0 Å². The van der Waals surface area contributed by atoms with Crippen molar-refractivity contribution in [1.29, 1.82) is 0 Å². The Kier molecular flexibility index (Phi) is 6.94. The number of likely N-dealkylation sites (N-methyl/N-ethyl adjacent to an activating group) is 1. The van der Waals surface area contributed by atoms with Crippen molar-refractivity contribution >= 4 is 34.7 Å². The van der Waals surface area contributed by atoms with Crippen molar-refractivity contribution in [3.63, 3.8) is 0 Å². The van der Waals surface area contributed by atoms with E-state index >= 15 is 0 Å². The third-order valence-electron chi connectivity index (χ3n) is 4.45. The van der Waals surface area contributed by atoms with Crippen LogP contribution in [0.15, 0.2) is 59.6 Å². The molecule has 2 aromatic rings. The predicted octanol–water partition coefficient (Wildman–Crippen LogP) is 4.43. The molecule has 0 radical (unpaired) electrons. The molecule has 0 aliphatic carbocycles. The van der Waals surface area contributed by atoms with E-state index in [0.29, 0.717) is 16.2 Å². The summed E-state index contributed by atoms with van der Waals surface area (Å²) in [7, 11) is 2.08. The Balaban J connectivity index is 1.79. The number of carbonyl (C=O) groups excluding carboxylic acids is 1. The smallest absolute Gasteiger partial charge is 0.175 e. The fraction of sp³-hybridized carbons (Fsp3) is 0.286. The second kappa shape index (κ2) is 9.40. The molecule has 3 rings (SSSR count). The molecule has 0 unspecified atom stereocenters. The summed E-state index contributed by atoms with van der Waals surface area (Å²) in [5, 5.41) is 0.644. The molecule has 0 N–H and O–H groups in total. The standard InChI is InChI=1S/C21H22ClFN2OS/c1-24-8-10-25(11-9-24)14-20(16-4-2-6-18(23)12-16)21(26)15-27-19-7-3-5-17(22)13-19/h2-7,12-14H,8-11,15H2,1H3. The summed E-state index contributed by atoms with van der Waals surface area (Å²) in [6.45, 7) is 3.59. The first-order valence-corrected chi connectivity index (χ1v) is 10.2. The van der Waals surface area contributed by atoms with Crippen molar-refractivity contribution in [2.75, 3.05) is 39.0 Å². The molecular weight excluding hydrogens is 383 g/mol. The van der Waals surface area contributed by atoms with Crippen LogP contribution >= 0.6 is 23.4 Å². The van der Waals surface area contributed by atoms with Gasteiger partial charge < -0.3 is 9.80 Å². The summed E-state index contributed by atoms with van der Waals surface area (Å²) < 4.78 is 13.7. The number of hydrogen-bond acceptors (Lipinski definition) is 4. The highest BCUT2D eigenvalue weighted by Gasteiger charge is 2.17. The Bertz CT molecular complexity index is 834. The van der Waals surface area contributed by atoms with Crippen LogP contribution in [0.25, 0.3) is 5.57 Å². The van der Waals surface area contributed by atoms with Gasteiger partial charge in [-0.1, -0.05) is 29.8 Å². The van der Waals surface area contributed by atoms with Crippen LogP contribution < -0.4 is 0 Å². The first-order valence-electron chi connectivity index (χ1n) is 8.83. The zero-order valence-corrected chi connectivity index (χ0v) is 16.8. The zero-order chi connectivity index (χ0) is 19.2. The number of hydrogen-bond donors (Lipinski definition) is 0. The van der Waals surface area contributed by atoms with E-state index in [9.17, 15) is 9.18 Å². The lowest BCUT2D eigenvalue weighted by Gasteiger charge is -2.32. The van der Waals surface area contributed by atoms with Crippen LogP contribution in [0.1, 0.15) is 5.56 Å². The molecule has 1 heterocycles. The summed E-state index contributed by atoms with van der Waals surface area (Å²) in [5.74, 6) is -0.0900. The van der Waals surface area contributed by atoms with E-state index < -0.39 is 0 Å². The minimum Gasteiger partial charge on any atom is -0.374 e. The summed E-state index contributed by atoms with van der Waals surface area (Å²) >= 11 is 7.45. The molecule has 0 amide bonds. The van der Waals surface area contributed by atoms with Gasteiger partial charge in [0.05, 0.1) is 5.75 Å². The maximum absolute atomic E-state index is 13.7. The number of rotatable bonds is 6. The van der Waals surface area contributed by atoms with Gasteiger partial charge in [-0.05, 0) is 42.9 Å². The van der Waals surface area contributed by atoms with Crippen LogP contribution in [0.4, 0.5) is 4.39 Å². The Morgan fingerprint density at radius 1 is 1.15 bits per heavy atom. The molecule has 1 saturated heterocycles. The predicted molar refractivity (Wildman–Crippen MR) is 111 cm³/mol. The minimum atomic E-state index is -0.341. The fourth-order valence-corrected chi connectivity index (χ4v) is 3.97. The number of benzene rings is 2. The summed E-state index contributed by atoms with van der Waals surface area (Å²) in [6, 6.07) is 13.7. The molecule has 6 heteroatoms. The molecule has 1 aliphatic heterocycles. The van der Waals surface area contributed by atoms with Crippen LogP contribution in [0.3, 0.4) is 0 Å². The number of Topliss-reactive ketones (excluding diaryl/α,β-unsaturated/α-hetero) is 1. The van der Waals surface area contributed by atoms with Gasteiger partial charge in [0.15, 0.2) is 5.78 Å². The average molecular weight is 405 g/mol. The van der Waals surface area contributed by atoms with E-state index in [1.807, 2.05) is 24.4 Å². The number of thioether (sulfide) groups is 1. The average Bonchev–Trinajstić information content (AvgIpc) is 2.66. The van der Waals surface area contributed by atoms with Crippen LogP contribution in [0, 0.1) is 5.82 Å². The van der Waals surface area contributed by atoms with Crippen molar-refractivity contribution in [3.8, 4) is 0 Å². The highest BCUT2D eigenvalue weighted by Crippen LogP contribution is 2.25. The second-order valence-electron chi connectivity index (χ2n) is 6.56.